The Labute approximate surface area is 99.1 Å². The molecule has 0 aromatic heterocycles. The second-order valence-corrected chi connectivity index (χ2v) is 5.45. The molecule has 94 valence electrons. The van der Waals surface area contributed by atoms with Crippen molar-refractivity contribution in [2.45, 2.75) is 52.1 Å². The molecule has 1 rings (SSSR count). The highest BCUT2D eigenvalue weighted by molar-refractivity contribution is 5.76. The molecule has 16 heavy (non-hydrogen) atoms. The van der Waals surface area contributed by atoms with Crippen LogP contribution in [0.1, 0.15) is 40.0 Å². The van der Waals surface area contributed by atoms with Crippen LogP contribution in [-0.4, -0.2) is 37.1 Å². The fraction of sp³-hybridized carbons (Fsp3) is 0.923. The van der Waals surface area contributed by atoms with E-state index in [1.54, 1.807) is 0 Å². The molecule has 0 N–H and O–H groups in total. The molecule has 1 fully saturated rings. The Kier molecular flexibility index (Phi) is 4.78. The maximum Gasteiger partial charge on any atom is 0.323 e. The minimum Gasteiger partial charge on any atom is -0.468 e. The molecule has 0 aromatic rings. The number of carbonyl (C=O) groups is 1. The van der Waals surface area contributed by atoms with Gasteiger partial charge in [-0.1, -0.05) is 13.8 Å². The zero-order valence-electron chi connectivity index (χ0n) is 11.2. The summed E-state index contributed by atoms with van der Waals surface area (Å²) >= 11 is 0. The van der Waals surface area contributed by atoms with Crippen LogP contribution in [0, 0.1) is 11.8 Å². The van der Waals surface area contributed by atoms with Crippen molar-refractivity contribution in [3.63, 3.8) is 0 Å². The third-order valence-corrected chi connectivity index (χ3v) is 3.46. The van der Waals surface area contributed by atoms with E-state index in [0.717, 1.165) is 6.42 Å². The molecule has 2 unspecified atom stereocenters. The quantitative estimate of drug-likeness (QED) is 0.652. The first kappa shape index (κ1) is 13.5. The number of ether oxygens (including phenoxy) is 1. The molecule has 0 radical (unpaired) electrons. The molecule has 1 aliphatic carbocycles. The zero-order chi connectivity index (χ0) is 12.3. The Morgan fingerprint density at radius 3 is 2.31 bits per heavy atom. The summed E-state index contributed by atoms with van der Waals surface area (Å²) in [6.07, 6.45) is 3.45. The number of carbonyl (C=O) groups excluding carboxylic acids is 1. The lowest BCUT2D eigenvalue weighted by atomic mass is 10.0. The van der Waals surface area contributed by atoms with E-state index >= 15 is 0 Å². The molecule has 0 aromatic carbocycles. The number of rotatable bonds is 6. The lowest BCUT2D eigenvalue weighted by molar-refractivity contribution is -0.148. The van der Waals surface area contributed by atoms with Gasteiger partial charge < -0.3 is 4.74 Å². The minimum absolute atomic E-state index is 0.0289. The Balaban J connectivity index is 2.59. The van der Waals surface area contributed by atoms with E-state index < -0.39 is 0 Å². The smallest absolute Gasteiger partial charge is 0.323 e. The third-order valence-electron chi connectivity index (χ3n) is 3.46. The highest BCUT2D eigenvalue weighted by atomic mass is 16.5. The van der Waals surface area contributed by atoms with Gasteiger partial charge in [0.25, 0.3) is 0 Å². The van der Waals surface area contributed by atoms with Crippen molar-refractivity contribution in [1.29, 1.82) is 0 Å². The van der Waals surface area contributed by atoms with Crippen LogP contribution in [0.2, 0.25) is 0 Å². The Hall–Kier alpha value is -0.570. The van der Waals surface area contributed by atoms with E-state index in [0.29, 0.717) is 17.9 Å². The largest absolute Gasteiger partial charge is 0.468 e. The molecule has 0 saturated heterocycles. The fourth-order valence-corrected chi connectivity index (χ4v) is 2.35. The summed E-state index contributed by atoms with van der Waals surface area (Å²) in [7, 11) is 3.53. The minimum atomic E-state index is -0.0689. The van der Waals surface area contributed by atoms with Crippen LogP contribution in [0.4, 0.5) is 0 Å². The molecule has 0 bridgehead atoms. The van der Waals surface area contributed by atoms with Crippen LogP contribution in [0.5, 0.6) is 0 Å². The summed E-state index contributed by atoms with van der Waals surface area (Å²) in [5.74, 6) is 1.11. The van der Waals surface area contributed by atoms with Gasteiger partial charge in [0.15, 0.2) is 0 Å². The molecule has 0 heterocycles. The second-order valence-electron chi connectivity index (χ2n) is 5.45. The molecule has 0 amide bonds. The Morgan fingerprint density at radius 1 is 1.38 bits per heavy atom. The van der Waals surface area contributed by atoms with E-state index in [-0.39, 0.29) is 12.0 Å². The number of esters is 1. The highest BCUT2D eigenvalue weighted by Crippen LogP contribution is 2.36. The summed E-state index contributed by atoms with van der Waals surface area (Å²) in [5.41, 5.74) is 0. The first-order valence-electron chi connectivity index (χ1n) is 6.27. The van der Waals surface area contributed by atoms with Gasteiger partial charge in [0.1, 0.15) is 6.04 Å². The predicted molar refractivity (Wildman–Crippen MR) is 65.2 cm³/mol. The van der Waals surface area contributed by atoms with E-state index in [4.69, 9.17) is 4.74 Å². The average Bonchev–Trinajstić information content (AvgIpc) is 3.00. The molecule has 2 atom stereocenters. The second kappa shape index (κ2) is 5.67. The lowest BCUT2D eigenvalue weighted by Gasteiger charge is -2.32. The number of hydrogen-bond donors (Lipinski definition) is 0. The lowest BCUT2D eigenvalue weighted by Crippen LogP contribution is -2.46. The van der Waals surface area contributed by atoms with E-state index in [9.17, 15) is 4.79 Å². The van der Waals surface area contributed by atoms with Crippen molar-refractivity contribution < 1.29 is 9.53 Å². The standard InChI is InChI=1S/C13H25NO2/c1-9(2)8-10(3)14(4)12(11-6-7-11)13(15)16-5/h9-12H,6-8H2,1-5H3. The third kappa shape index (κ3) is 3.48. The van der Waals surface area contributed by atoms with Gasteiger partial charge in [0, 0.05) is 6.04 Å². The van der Waals surface area contributed by atoms with Crippen LogP contribution in [0.25, 0.3) is 0 Å². The summed E-state index contributed by atoms with van der Waals surface area (Å²) in [6.45, 7) is 6.63. The maximum atomic E-state index is 11.8. The maximum absolute atomic E-state index is 11.8. The van der Waals surface area contributed by atoms with Gasteiger partial charge in [0.05, 0.1) is 7.11 Å². The van der Waals surface area contributed by atoms with E-state index in [1.807, 2.05) is 7.05 Å². The van der Waals surface area contributed by atoms with Crippen LogP contribution >= 0.6 is 0 Å². The van der Waals surface area contributed by atoms with Gasteiger partial charge in [-0.05, 0) is 45.1 Å². The van der Waals surface area contributed by atoms with Gasteiger partial charge in [-0.25, -0.2) is 0 Å². The number of hydrogen-bond acceptors (Lipinski definition) is 3. The normalized spacial score (nSPS) is 19.9. The van der Waals surface area contributed by atoms with Crippen molar-refractivity contribution in [3.8, 4) is 0 Å². The number of likely N-dealkylation sites (N-methyl/N-ethyl adjacent to an activating group) is 1. The van der Waals surface area contributed by atoms with Crippen LogP contribution in [0.15, 0.2) is 0 Å². The predicted octanol–water partition coefficient (Wildman–Crippen LogP) is 2.30. The summed E-state index contributed by atoms with van der Waals surface area (Å²) in [6, 6.07) is 0.406. The van der Waals surface area contributed by atoms with Crippen molar-refractivity contribution >= 4 is 5.97 Å². The highest BCUT2D eigenvalue weighted by Gasteiger charge is 2.40. The van der Waals surface area contributed by atoms with Gasteiger partial charge in [-0.2, -0.15) is 0 Å². The number of nitrogens with zero attached hydrogens (tertiary/aromatic N) is 1. The summed E-state index contributed by atoms with van der Waals surface area (Å²) in [4.78, 5) is 14.0. The van der Waals surface area contributed by atoms with Crippen LogP contribution in [-0.2, 0) is 9.53 Å². The van der Waals surface area contributed by atoms with Crippen LogP contribution < -0.4 is 0 Å². The molecule has 0 aliphatic heterocycles. The molecule has 3 nitrogen and oxygen atoms in total. The topological polar surface area (TPSA) is 29.5 Å². The first-order chi connectivity index (χ1) is 7.47. The van der Waals surface area contributed by atoms with Gasteiger partial charge >= 0.3 is 5.97 Å². The monoisotopic (exact) mass is 227 g/mol. The SMILES string of the molecule is COC(=O)C(C1CC1)N(C)C(C)CC(C)C. The van der Waals surface area contributed by atoms with Crippen LogP contribution in [0.3, 0.4) is 0 Å². The number of methoxy groups -OCH3 is 1. The zero-order valence-corrected chi connectivity index (χ0v) is 11.2. The van der Waals surface area contributed by atoms with E-state index in [2.05, 4.69) is 25.7 Å². The van der Waals surface area contributed by atoms with Gasteiger partial charge in [0.2, 0.25) is 0 Å². The Morgan fingerprint density at radius 2 is 1.94 bits per heavy atom. The first-order valence-corrected chi connectivity index (χ1v) is 6.27. The summed E-state index contributed by atoms with van der Waals surface area (Å²) in [5, 5.41) is 0. The molecule has 1 aliphatic rings. The molecular formula is C13H25NO2. The van der Waals surface area contributed by atoms with Gasteiger partial charge in [-0.3, -0.25) is 9.69 Å². The molecule has 3 heteroatoms. The van der Waals surface area contributed by atoms with Crippen molar-refractivity contribution in [3.05, 3.63) is 0 Å². The average molecular weight is 227 g/mol. The summed E-state index contributed by atoms with van der Waals surface area (Å²) < 4.78 is 4.91. The Bertz CT molecular complexity index is 236. The molecule has 1 saturated carbocycles. The fourth-order valence-electron chi connectivity index (χ4n) is 2.35. The molecular weight excluding hydrogens is 202 g/mol. The van der Waals surface area contributed by atoms with Crippen molar-refractivity contribution in [1.82, 2.24) is 4.90 Å². The van der Waals surface area contributed by atoms with Crippen molar-refractivity contribution in [2.24, 2.45) is 11.8 Å². The van der Waals surface area contributed by atoms with Crippen molar-refractivity contribution in [2.75, 3.05) is 14.2 Å². The van der Waals surface area contributed by atoms with E-state index in [1.165, 1.54) is 20.0 Å². The molecule has 0 spiro atoms. The van der Waals surface area contributed by atoms with Gasteiger partial charge in [-0.15, -0.1) is 0 Å².